The van der Waals surface area contributed by atoms with Crippen LogP contribution in [0.4, 0.5) is 8.78 Å². The van der Waals surface area contributed by atoms with Gasteiger partial charge in [0.05, 0.1) is 24.1 Å². The average Bonchev–Trinajstić information content (AvgIpc) is 2.23. The van der Waals surface area contributed by atoms with Crippen molar-refractivity contribution in [2.24, 2.45) is 0 Å². The molecule has 1 heterocycles. The lowest BCUT2D eigenvalue weighted by molar-refractivity contribution is -0.139. The predicted octanol–water partition coefficient (Wildman–Crippen LogP) is 2.70. The highest BCUT2D eigenvalue weighted by Gasteiger charge is 2.19. The van der Waals surface area contributed by atoms with Crippen LogP contribution in [0.2, 0.25) is 5.02 Å². The second-order valence-electron chi connectivity index (χ2n) is 3.15. The number of carbonyl (C=O) groups is 1. The maximum absolute atomic E-state index is 12.5. The van der Waals surface area contributed by atoms with Gasteiger partial charge in [0.15, 0.2) is 0 Å². The molecular formula is C10H10ClF2NO2. The first-order chi connectivity index (χ1) is 7.47. The number of pyridine rings is 1. The first-order valence-electron chi connectivity index (χ1n) is 4.46. The molecule has 0 amide bonds. The third-order valence-corrected chi connectivity index (χ3v) is 2.58. The smallest absolute Gasteiger partial charge is 0.310 e. The van der Waals surface area contributed by atoms with Crippen LogP contribution in [-0.2, 0) is 16.0 Å². The molecule has 1 aromatic heterocycles. The van der Waals surface area contributed by atoms with Gasteiger partial charge in [-0.15, -0.1) is 0 Å². The van der Waals surface area contributed by atoms with E-state index < -0.39 is 12.4 Å². The zero-order chi connectivity index (χ0) is 12.3. The molecule has 0 N–H and O–H groups in total. The number of halogens is 3. The van der Waals surface area contributed by atoms with Crippen molar-refractivity contribution in [3.63, 3.8) is 0 Å². The molecule has 0 fully saturated rings. The molecule has 0 spiro atoms. The predicted molar refractivity (Wildman–Crippen MR) is 54.7 cm³/mol. The van der Waals surface area contributed by atoms with Crippen LogP contribution < -0.4 is 0 Å². The summed E-state index contributed by atoms with van der Waals surface area (Å²) >= 11 is 5.78. The van der Waals surface area contributed by atoms with E-state index in [-0.39, 0.29) is 22.6 Å². The Bertz CT molecular complexity index is 410. The van der Waals surface area contributed by atoms with Crippen molar-refractivity contribution in [3.05, 3.63) is 28.0 Å². The number of hydrogen-bond donors (Lipinski definition) is 0. The zero-order valence-corrected chi connectivity index (χ0v) is 9.52. The minimum Gasteiger partial charge on any atom is -0.469 e. The van der Waals surface area contributed by atoms with E-state index in [2.05, 4.69) is 9.72 Å². The van der Waals surface area contributed by atoms with E-state index in [1.54, 1.807) is 6.92 Å². The Morgan fingerprint density at radius 3 is 2.75 bits per heavy atom. The number of hydrogen-bond acceptors (Lipinski definition) is 3. The highest BCUT2D eigenvalue weighted by atomic mass is 35.5. The van der Waals surface area contributed by atoms with Crippen LogP contribution in [0.3, 0.4) is 0 Å². The van der Waals surface area contributed by atoms with Crippen molar-refractivity contribution >= 4 is 17.6 Å². The fourth-order valence-corrected chi connectivity index (χ4v) is 1.54. The van der Waals surface area contributed by atoms with Crippen LogP contribution >= 0.6 is 11.6 Å². The molecule has 0 saturated heterocycles. The number of nitrogens with zero attached hydrogens (tertiary/aromatic N) is 1. The lowest BCUT2D eigenvalue weighted by Gasteiger charge is -2.10. The summed E-state index contributed by atoms with van der Waals surface area (Å²) in [6.07, 6.45) is -1.85. The van der Waals surface area contributed by atoms with Crippen molar-refractivity contribution in [2.75, 3.05) is 7.11 Å². The standard InChI is InChI=1S/C10H10ClF2NO2/c1-5-6(3-8(15)16-2)9(11)7(4-14-5)10(12)13/h4,10H,3H2,1-2H3. The largest absolute Gasteiger partial charge is 0.469 e. The summed E-state index contributed by atoms with van der Waals surface area (Å²) < 4.78 is 29.5. The zero-order valence-electron chi connectivity index (χ0n) is 8.76. The van der Waals surface area contributed by atoms with Gasteiger partial charge in [0.25, 0.3) is 6.43 Å². The molecule has 0 unspecified atom stereocenters. The SMILES string of the molecule is COC(=O)Cc1c(C)ncc(C(F)F)c1Cl. The molecule has 88 valence electrons. The quantitative estimate of drug-likeness (QED) is 0.773. The third-order valence-electron chi connectivity index (χ3n) is 2.14. The second kappa shape index (κ2) is 5.21. The Morgan fingerprint density at radius 2 is 2.25 bits per heavy atom. The summed E-state index contributed by atoms with van der Waals surface area (Å²) in [7, 11) is 1.22. The van der Waals surface area contributed by atoms with Crippen molar-refractivity contribution in [2.45, 2.75) is 19.8 Å². The topological polar surface area (TPSA) is 39.2 Å². The lowest BCUT2D eigenvalue weighted by Crippen LogP contribution is -2.08. The Balaban J connectivity index is 3.16. The van der Waals surface area contributed by atoms with Crippen LogP contribution in [0.15, 0.2) is 6.20 Å². The highest BCUT2D eigenvalue weighted by Crippen LogP contribution is 2.30. The molecule has 6 heteroatoms. The van der Waals surface area contributed by atoms with E-state index in [1.807, 2.05) is 0 Å². The van der Waals surface area contributed by atoms with Crippen molar-refractivity contribution in [3.8, 4) is 0 Å². The molecule has 0 radical (unpaired) electrons. The molecule has 0 bridgehead atoms. The summed E-state index contributed by atoms with van der Waals surface area (Å²) in [5.41, 5.74) is 0.359. The van der Waals surface area contributed by atoms with Gasteiger partial charge in [-0.2, -0.15) is 0 Å². The molecule has 3 nitrogen and oxygen atoms in total. The van der Waals surface area contributed by atoms with Gasteiger partial charge in [-0.25, -0.2) is 8.78 Å². The van der Waals surface area contributed by atoms with Crippen LogP contribution in [-0.4, -0.2) is 18.1 Å². The van der Waals surface area contributed by atoms with E-state index >= 15 is 0 Å². The molecule has 16 heavy (non-hydrogen) atoms. The number of aromatic nitrogens is 1. The number of carbonyl (C=O) groups excluding carboxylic acids is 1. The monoisotopic (exact) mass is 249 g/mol. The Kier molecular flexibility index (Phi) is 4.18. The minimum absolute atomic E-state index is 0.118. The Hall–Kier alpha value is -1.23. The molecule has 0 atom stereocenters. The molecule has 1 aromatic rings. The van der Waals surface area contributed by atoms with E-state index in [0.29, 0.717) is 5.69 Å². The third kappa shape index (κ3) is 2.66. The molecular weight excluding hydrogens is 240 g/mol. The summed E-state index contributed by atoms with van der Waals surface area (Å²) in [6, 6.07) is 0. The van der Waals surface area contributed by atoms with Gasteiger partial charge in [0.2, 0.25) is 0 Å². The fourth-order valence-electron chi connectivity index (χ4n) is 1.21. The van der Waals surface area contributed by atoms with Gasteiger partial charge in [-0.3, -0.25) is 9.78 Å². The molecule has 1 rings (SSSR count). The number of ether oxygens (including phenoxy) is 1. The summed E-state index contributed by atoms with van der Waals surface area (Å²) in [5.74, 6) is -0.543. The van der Waals surface area contributed by atoms with Gasteiger partial charge in [0.1, 0.15) is 0 Å². The van der Waals surface area contributed by atoms with Crippen LogP contribution in [0.1, 0.15) is 23.2 Å². The van der Waals surface area contributed by atoms with E-state index in [1.165, 1.54) is 7.11 Å². The second-order valence-corrected chi connectivity index (χ2v) is 3.52. The van der Waals surface area contributed by atoms with Crippen molar-refractivity contribution in [1.29, 1.82) is 0 Å². The highest BCUT2D eigenvalue weighted by molar-refractivity contribution is 6.32. The normalized spacial score (nSPS) is 10.6. The number of esters is 1. The Morgan fingerprint density at radius 1 is 1.62 bits per heavy atom. The van der Waals surface area contributed by atoms with Crippen LogP contribution in [0, 0.1) is 6.92 Å². The van der Waals surface area contributed by atoms with Gasteiger partial charge in [-0.05, 0) is 6.92 Å². The maximum atomic E-state index is 12.5. The van der Waals surface area contributed by atoms with Crippen LogP contribution in [0.5, 0.6) is 0 Å². The van der Waals surface area contributed by atoms with E-state index in [4.69, 9.17) is 11.6 Å². The fraction of sp³-hybridized carbons (Fsp3) is 0.400. The molecule has 0 aliphatic rings. The summed E-state index contributed by atoms with van der Waals surface area (Å²) in [6.45, 7) is 1.60. The van der Waals surface area contributed by atoms with Gasteiger partial charge in [0, 0.05) is 17.5 Å². The number of alkyl halides is 2. The first-order valence-corrected chi connectivity index (χ1v) is 4.84. The Labute approximate surface area is 96.4 Å². The first kappa shape index (κ1) is 12.8. The molecule has 0 aliphatic heterocycles. The van der Waals surface area contributed by atoms with Gasteiger partial charge < -0.3 is 4.74 Å². The number of methoxy groups -OCH3 is 1. The lowest BCUT2D eigenvalue weighted by atomic mass is 10.1. The summed E-state index contributed by atoms with van der Waals surface area (Å²) in [4.78, 5) is 14.8. The van der Waals surface area contributed by atoms with Crippen molar-refractivity contribution < 1.29 is 18.3 Å². The molecule has 0 saturated carbocycles. The van der Waals surface area contributed by atoms with Crippen LogP contribution in [0.25, 0.3) is 0 Å². The summed E-state index contributed by atoms with van der Waals surface area (Å²) in [5, 5.41) is -0.118. The minimum atomic E-state index is -2.71. The number of rotatable bonds is 3. The van der Waals surface area contributed by atoms with E-state index in [9.17, 15) is 13.6 Å². The van der Waals surface area contributed by atoms with Crippen molar-refractivity contribution in [1.82, 2.24) is 4.98 Å². The van der Waals surface area contributed by atoms with Gasteiger partial charge in [-0.1, -0.05) is 11.6 Å². The maximum Gasteiger partial charge on any atom is 0.310 e. The number of aryl methyl sites for hydroxylation is 1. The van der Waals surface area contributed by atoms with E-state index in [0.717, 1.165) is 6.20 Å². The van der Waals surface area contributed by atoms with Gasteiger partial charge >= 0.3 is 5.97 Å². The average molecular weight is 250 g/mol. The molecule has 0 aromatic carbocycles. The molecule has 0 aliphatic carbocycles.